The van der Waals surface area contributed by atoms with E-state index in [0.29, 0.717) is 55.8 Å². The minimum absolute atomic E-state index is 0.0991. The molecule has 2 fully saturated rings. The van der Waals surface area contributed by atoms with Crippen LogP contribution in [0.5, 0.6) is 0 Å². The monoisotopic (exact) mass is 664 g/mol. The number of nitrogens with two attached hydrogens (primary N) is 2. The van der Waals surface area contributed by atoms with Crippen molar-refractivity contribution >= 4 is 29.6 Å². The van der Waals surface area contributed by atoms with Crippen LogP contribution in [0.1, 0.15) is 44.0 Å². The van der Waals surface area contributed by atoms with Gasteiger partial charge in [-0.25, -0.2) is 19.7 Å². The number of aromatic nitrogens is 4. The minimum Gasteiger partial charge on any atom is -0.449 e. The Kier molecular flexibility index (Phi) is 11.5. The summed E-state index contributed by atoms with van der Waals surface area (Å²) in [5, 5.41) is 41.3. The fraction of sp³-hybridized carbons (Fsp3) is 0.714. The molecule has 0 radical (unpaired) electrons. The summed E-state index contributed by atoms with van der Waals surface area (Å²) in [6, 6.07) is -0.560. The van der Waals surface area contributed by atoms with Crippen LogP contribution in [-0.4, -0.2) is 156 Å². The molecular formula is C28H44N10O9. The van der Waals surface area contributed by atoms with E-state index in [1.807, 2.05) is 4.90 Å². The lowest BCUT2D eigenvalue weighted by Crippen LogP contribution is -2.54. The van der Waals surface area contributed by atoms with Gasteiger partial charge in [0.2, 0.25) is 5.96 Å². The van der Waals surface area contributed by atoms with E-state index in [2.05, 4.69) is 19.9 Å². The van der Waals surface area contributed by atoms with E-state index in [0.717, 1.165) is 12.8 Å². The van der Waals surface area contributed by atoms with E-state index in [4.69, 9.17) is 25.7 Å². The Morgan fingerprint density at radius 2 is 1.94 bits per heavy atom. The number of ether oxygens (including phenoxy) is 3. The highest BCUT2D eigenvalue weighted by Gasteiger charge is 2.45. The van der Waals surface area contributed by atoms with Gasteiger partial charge in [-0.3, -0.25) is 20.0 Å². The number of imidazole rings is 1. The first-order valence-corrected chi connectivity index (χ1v) is 15.7. The lowest BCUT2D eigenvalue weighted by molar-refractivity contribution is -0.133. The minimum atomic E-state index is -1.23. The molecule has 0 bridgehead atoms. The molecule has 2 saturated heterocycles. The predicted molar refractivity (Wildman–Crippen MR) is 163 cm³/mol. The third-order valence-electron chi connectivity index (χ3n) is 8.79. The summed E-state index contributed by atoms with van der Waals surface area (Å²) in [6.07, 6.45) is -1.58. The molecule has 0 spiro atoms. The molecule has 8 N–H and O–H groups in total. The largest absolute Gasteiger partial charge is 0.449 e. The molecule has 8 atom stereocenters. The number of unbranched alkanes of at least 4 members (excludes halogenated alkanes) is 2. The standard InChI is InChI=1S/C28H44N10O9/c1-16-22-25(32-12-31-16)37(13-33-22)26-24(43)23(42)18(47-26)10-35(8-5-20(29)45-15-40)6-3-2-4-7-36-14-38(28(44)34-27(36)30)21-9-17(41)19(11-39)46-21/h12-13,15,17-21,23-24,26,39,41-43H,2-11,14,29H2,1H3,(H2,30,34,44)/t17-,18+,19+,20+,21+,23+,24+,26+/m0/s1. The van der Waals surface area contributed by atoms with Gasteiger partial charge in [-0.2, -0.15) is 4.99 Å². The molecular weight excluding hydrogens is 620 g/mol. The summed E-state index contributed by atoms with van der Waals surface area (Å²) in [5.41, 5.74) is 13.7. The fourth-order valence-corrected chi connectivity index (χ4v) is 6.10. The van der Waals surface area contributed by atoms with Crippen molar-refractivity contribution in [1.82, 2.24) is 34.2 Å². The number of nitrogens with zero attached hydrogens (tertiary/aromatic N) is 8. The lowest BCUT2D eigenvalue weighted by Gasteiger charge is -2.36. The second-order valence-electron chi connectivity index (χ2n) is 12.0. The Morgan fingerprint density at radius 1 is 1.13 bits per heavy atom. The average Bonchev–Trinajstić information content (AvgIpc) is 3.72. The van der Waals surface area contributed by atoms with Gasteiger partial charge in [-0.15, -0.1) is 0 Å². The van der Waals surface area contributed by atoms with E-state index in [1.165, 1.54) is 17.6 Å². The third-order valence-corrected chi connectivity index (χ3v) is 8.79. The molecule has 5 rings (SSSR count). The maximum Gasteiger partial charge on any atom is 0.350 e. The summed E-state index contributed by atoms with van der Waals surface area (Å²) < 4.78 is 18.2. The average molecular weight is 665 g/mol. The zero-order valence-corrected chi connectivity index (χ0v) is 26.2. The van der Waals surface area contributed by atoms with Crippen molar-refractivity contribution in [2.75, 3.05) is 39.5 Å². The van der Waals surface area contributed by atoms with Crippen LogP contribution in [0.4, 0.5) is 4.79 Å². The quantitative estimate of drug-likeness (QED) is 0.0618. The molecule has 0 aliphatic carbocycles. The lowest BCUT2D eigenvalue weighted by atomic mass is 10.1. The van der Waals surface area contributed by atoms with Gasteiger partial charge in [-0.1, -0.05) is 6.42 Å². The number of carbonyl (C=O) groups is 2. The number of aliphatic hydroxyl groups is 4. The van der Waals surface area contributed by atoms with Gasteiger partial charge >= 0.3 is 6.03 Å². The van der Waals surface area contributed by atoms with Gasteiger partial charge in [0.25, 0.3) is 6.47 Å². The number of urea groups is 1. The number of fused-ring (bicyclic) bond motifs is 1. The maximum atomic E-state index is 12.5. The number of aryl methyl sites for hydroxylation is 1. The number of guanidine groups is 1. The highest BCUT2D eigenvalue weighted by molar-refractivity contribution is 5.93. The van der Waals surface area contributed by atoms with Crippen LogP contribution in [-0.2, 0) is 19.0 Å². The number of hydrogen-bond donors (Lipinski definition) is 6. The van der Waals surface area contributed by atoms with Gasteiger partial charge in [0, 0.05) is 32.5 Å². The van der Waals surface area contributed by atoms with Crippen molar-refractivity contribution in [3.05, 3.63) is 18.3 Å². The van der Waals surface area contributed by atoms with Crippen LogP contribution in [0.3, 0.4) is 0 Å². The summed E-state index contributed by atoms with van der Waals surface area (Å²) >= 11 is 0. The number of rotatable bonds is 16. The molecule has 260 valence electrons. The van der Waals surface area contributed by atoms with E-state index in [-0.39, 0.29) is 32.2 Å². The van der Waals surface area contributed by atoms with E-state index >= 15 is 0 Å². The summed E-state index contributed by atoms with van der Waals surface area (Å²) in [5.74, 6) is 0.0991. The zero-order chi connectivity index (χ0) is 33.7. The molecule has 0 aromatic carbocycles. The molecule has 19 nitrogen and oxygen atoms in total. The Hall–Kier alpha value is -3.56. The van der Waals surface area contributed by atoms with Crippen molar-refractivity contribution in [3.63, 3.8) is 0 Å². The van der Waals surface area contributed by atoms with Crippen molar-refractivity contribution < 1.29 is 44.2 Å². The predicted octanol–water partition coefficient (Wildman–Crippen LogP) is -2.45. The third kappa shape index (κ3) is 7.95. The molecule has 2 amide bonds. The van der Waals surface area contributed by atoms with Crippen molar-refractivity contribution in [1.29, 1.82) is 0 Å². The topological polar surface area (TPSA) is 260 Å². The number of aliphatic hydroxyl groups excluding tert-OH is 4. The van der Waals surface area contributed by atoms with Crippen LogP contribution >= 0.6 is 0 Å². The highest BCUT2D eigenvalue weighted by atomic mass is 16.6. The summed E-state index contributed by atoms with van der Waals surface area (Å²) in [6.45, 7) is 3.70. The fourth-order valence-electron chi connectivity index (χ4n) is 6.10. The molecule has 0 unspecified atom stereocenters. The maximum absolute atomic E-state index is 12.5. The molecule has 2 aromatic rings. The number of aliphatic imine (C=N–C) groups is 1. The Bertz CT molecular complexity index is 1400. The van der Waals surface area contributed by atoms with Crippen molar-refractivity contribution in [2.45, 2.75) is 88.2 Å². The van der Waals surface area contributed by atoms with Crippen molar-refractivity contribution in [3.8, 4) is 0 Å². The first-order valence-electron chi connectivity index (χ1n) is 15.7. The molecule has 3 aliphatic rings. The second kappa shape index (κ2) is 15.6. The first-order chi connectivity index (χ1) is 22.6. The van der Waals surface area contributed by atoms with Crippen LogP contribution in [0.15, 0.2) is 17.6 Å². The first kappa shape index (κ1) is 34.8. The number of carbonyl (C=O) groups excluding carboxylic acids is 2. The van der Waals surface area contributed by atoms with E-state index in [1.54, 1.807) is 16.4 Å². The Morgan fingerprint density at radius 3 is 2.68 bits per heavy atom. The second-order valence-corrected chi connectivity index (χ2v) is 12.0. The van der Waals surface area contributed by atoms with Gasteiger partial charge in [-0.05, 0) is 26.3 Å². The van der Waals surface area contributed by atoms with Crippen molar-refractivity contribution in [2.24, 2.45) is 16.5 Å². The molecule has 19 heteroatoms. The van der Waals surface area contributed by atoms with Gasteiger partial charge < -0.3 is 50.2 Å². The van der Waals surface area contributed by atoms with Crippen LogP contribution < -0.4 is 11.5 Å². The summed E-state index contributed by atoms with van der Waals surface area (Å²) in [7, 11) is 0. The number of hydrogen-bond acceptors (Lipinski definition) is 16. The van der Waals surface area contributed by atoms with Gasteiger partial charge in [0.1, 0.15) is 49.2 Å². The van der Waals surface area contributed by atoms with Gasteiger partial charge in [0.15, 0.2) is 18.1 Å². The van der Waals surface area contributed by atoms with E-state index in [9.17, 15) is 30.0 Å². The van der Waals surface area contributed by atoms with Crippen LogP contribution in [0.25, 0.3) is 11.2 Å². The Labute approximate surface area is 270 Å². The molecule has 0 saturated carbocycles. The molecule has 47 heavy (non-hydrogen) atoms. The number of amides is 2. The zero-order valence-electron chi connectivity index (χ0n) is 26.2. The van der Waals surface area contributed by atoms with E-state index < -0.39 is 55.2 Å². The normalized spacial score (nSPS) is 28.8. The van der Waals surface area contributed by atoms with Crippen LogP contribution in [0.2, 0.25) is 0 Å². The SMILES string of the molecule is Cc1ncnc2c1ncn2[C@@H]1O[C@H](CN(CCCCCN2CN([C@H]3C[C@H](O)[C@@H](CO)O3)C(=O)N=C2N)CC[C@H](N)OC=O)[C@@H](O)[C@H]1O. The molecule has 5 heterocycles. The smallest absolute Gasteiger partial charge is 0.350 e. The highest BCUT2D eigenvalue weighted by Crippen LogP contribution is 2.32. The Balaban J connectivity index is 1.15. The van der Waals surface area contributed by atoms with Crippen LogP contribution in [0, 0.1) is 6.92 Å². The summed E-state index contributed by atoms with van der Waals surface area (Å²) in [4.78, 5) is 45.1. The van der Waals surface area contributed by atoms with Gasteiger partial charge in [0.05, 0.1) is 24.7 Å². The molecule has 3 aliphatic heterocycles. The molecule has 2 aromatic heterocycles.